The highest BCUT2D eigenvalue weighted by Crippen LogP contribution is 2.09. The second kappa shape index (κ2) is 10.2. The average Bonchev–Trinajstić information content (AvgIpc) is 2.32. The average molecular weight is 318 g/mol. The number of nitrogens with zero attached hydrogens (tertiary/aromatic N) is 1. The van der Waals surface area contributed by atoms with Crippen molar-refractivity contribution in [3.63, 3.8) is 0 Å². The summed E-state index contributed by atoms with van der Waals surface area (Å²) >= 11 is 0. The maximum atomic E-state index is 11.7. The molecule has 2 atom stereocenters. The van der Waals surface area contributed by atoms with Crippen LogP contribution in [0.2, 0.25) is 0 Å². The van der Waals surface area contributed by atoms with Crippen LogP contribution >= 0.6 is 0 Å². The van der Waals surface area contributed by atoms with Crippen molar-refractivity contribution in [2.24, 2.45) is 5.73 Å². The van der Waals surface area contributed by atoms with Crippen molar-refractivity contribution >= 4 is 12.2 Å². The Kier molecular flexibility index (Phi) is 9.51. The lowest BCUT2D eigenvalue weighted by molar-refractivity contribution is -0.0903. The van der Waals surface area contributed by atoms with Crippen molar-refractivity contribution in [3.05, 3.63) is 0 Å². The second-order valence-electron chi connectivity index (χ2n) is 5.63. The second-order valence-corrected chi connectivity index (χ2v) is 5.63. The van der Waals surface area contributed by atoms with Gasteiger partial charge in [0.05, 0.1) is 0 Å². The Balaban J connectivity index is 4.60. The number of hydrogen-bond acceptors (Lipinski definition) is 6. The zero-order valence-electron chi connectivity index (χ0n) is 14.4. The molecule has 0 rings (SSSR count). The van der Waals surface area contributed by atoms with Crippen molar-refractivity contribution in [2.45, 2.75) is 66.1 Å². The summed E-state index contributed by atoms with van der Waals surface area (Å²) in [6, 6.07) is -0.0405. The van der Waals surface area contributed by atoms with E-state index in [1.54, 1.807) is 18.7 Å². The van der Waals surface area contributed by atoms with Crippen LogP contribution in [0.3, 0.4) is 0 Å². The molecule has 2 unspecified atom stereocenters. The standard InChI is InChI=1S/C14H30N4O4/c1-9(2)16-13(19)21-11(5)18(8-7-15)12(6)22-14(20)17-10(3)4/h9-12H,7-8,15H2,1-6H3,(H,16,19)(H,17,20). The maximum absolute atomic E-state index is 11.7. The molecule has 2 amide bonds. The molecule has 4 N–H and O–H groups in total. The molecule has 0 bridgehead atoms. The van der Waals surface area contributed by atoms with E-state index in [0.717, 1.165) is 0 Å². The number of carbonyl (C=O) groups excluding carboxylic acids is 2. The lowest BCUT2D eigenvalue weighted by atomic mass is 10.4. The highest BCUT2D eigenvalue weighted by molar-refractivity contribution is 5.68. The molecule has 0 aliphatic carbocycles. The molecule has 0 aliphatic heterocycles. The predicted octanol–water partition coefficient (Wildman–Crippen LogP) is 1.21. The fourth-order valence-electron chi connectivity index (χ4n) is 1.79. The van der Waals surface area contributed by atoms with Crippen LogP contribution < -0.4 is 16.4 Å². The normalized spacial score (nSPS) is 13.9. The summed E-state index contributed by atoms with van der Waals surface area (Å²) in [4.78, 5) is 25.0. The summed E-state index contributed by atoms with van der Waals surface area (Å²) < 4.78 is 10.5. The van der Waals surface area contributed by atoms with Gasteiger partial charge in [0.15, 0.2) is 12.5 Å². The third-order valence-electron chi connectivity index (χ3n) is 2.69. The van der Waals surface area contributed by atoms with Crippen LogP contribution in [0.4, 0.5) is 9.59 Å². The van der Waals surface area contributed by atoms with Gasteiger partial charge in [-0.25, -0.2) is 14.5 Å². The number of nitrogens with one attached hydrogen (secondary N) is 2. The first kappa shape index (κ1) is 20.5. The lowest BCUT2D eigenvalue weighted by Gasteiger charge is -2.33. The Morgan fingerprint density at radius 3 is 1.55 bits per heavy atom. The first-order valence-electron chi connectivity index (χ1n) is 7.57. The number of ether oxygens (including phenoxy) is 2. The Morgan fingerprint density at radius 1 is 0.909 bits per heavy atom. The van der Waals surface area contributed by atoms with Crippen molar-refractivity contribution in [2.75, 3.05) is 13.1 Å². The zero-order valence-corrected chi connectivity index (χ0v) is 14.4. The van der Waals surface area contributed by atoms with Crippen molar-refractivity contribution < 1.29 is 19.1 Å². The van der Waals surface area contributed by atoms with Gasteiger partial charge in [0.1, 0.15) is 0 Å². The number of alkyl carbamates (subject to hydrolysis) is 2. The van der Waals surface area contributed by atoms with Gasteiger partial charge >= 0.3 is 12.2 Å². The molecule has 0 aromatic heterocycles. The molecule has 0 aromatic carbocycles. The third kappa shape index (κ3) is 8.68. The van der Waals surface area contributed by atoms with Gasteiger partial charge in [0.2, 0.25) is 0 Å². The van der Waals surface area contributed by atoms with Gasteiger partial charge in [0.25, 0.3) is 0 Å². The van der Waals surface area contributed by atoms with Gasteiger partial charge in [-0.2, -0.15) is 0 Å². The maximum Gasteiger partial charge on any atom is 0.408 e. The van der Waals surface area contributed by atoms with E-state index < -0.39 is 24.6 Å². The fourth-order valence-corrected chi connectivity index (χ4v) is 1.79. The number of nitrogens with two attached hydrogens (primary N) is 1. The minimum atomic E-state index is -0.579. The molecule has 8 nitrogen and oxygen atoms in total. The summed E-state index contributed by atoms with van der Waals surface area (Å²) in [6.07, 6.45) is -2.21. The molecule has 0 saturated carbocycles. The minimum absolute atomic E-state index is 0.0202. The van der Waals surface area contributed by atoms with Gasteiger partial charge in [-0.3, -0.25) is 0 Å². The Bertz CT molecular complexity index is 320. The van der Waals surface area contributed by atoms with Crippen molar-refractivity contribution in [1.82, 2.24) is 15.5 Å². The first-order chi connectivity index (χ1) is 10.2. The quantitative estimate of drug-likeness (QED) is 0.581. The molecule has 0 aliphatic rings. The van der Waals surface area contributed by atoms with Gasteiger partial charge in [-0.1, -0.05) is 0 Å². The Morgan fingerprint density at radius 2 is 1.27 bits per heavy atom. The zero-order chi connectivity index (χ0) is 17.3. The van der Waals surface area contributed by atoms with Crippen LogP contribution in [0.5, 0.6) is 0 Å². The lowest BCUT2D eigenvalue weighted by Crippen LogP contribution is -2.49. The molecule has 8 heteroatoms. The monoisotopic (exact) mass is 318 g/mol. The highest BCUT2D eigenvalue weighted by Gasteiger charge is 2.25. The largest absolute Gasteiger partial charge is 0.430 e. The van der Waals surface area contributed by atoms with E-state index >= 15 is 0 Å². The molecular weight excluding hydrogens is 288 g/mol. The van der Waals surface area contributed by atoms with Crippen LogP contribution in [-0.2, 0) is 9.47 Å². The van der Waals surface area contributed by atoms with Gasteiger partial charge in [0, 0.05) is 25.2 Å². The molecule has 0 radical (unpaired) electrons. The van der Waals surface area contributed by atoms with E-state index in [0.29, 0.717) is 13.1 Å². The number of hydrogen-bond donors (Lipinski definition) is 3. The van der Waals surface area contributed by atoms with E-state index in [1.165, 1.54) is 0 Å². The van der Waals surface area contributed by atoms with Gasteiger partial charge < -0.3 is 25.8 Å². The van der Waals surface area contributed by atoms with Gasteiger partial charge in [-0.15, -0.1) is 0 Å². The van der Waals surface area contributed by atoms with Crippen molar-refractivity contribution in [1.29, 1.82) is 0 Å². The predicted molar refractivity (Wildman–Crippen MR) is 84.2 cm³/mol. The van der Waals surface area contributed by atoms with Crippen LogP contribution in [0.25, 0.3) is 0 Å². The molecule has 0 aromatic rings. The summed E-state index contributed by atoms with van der Waals surface area (Å²) in [5.74, 6) is 0. The molecule has 0 saturated heterocycles. The van der Waals surface area contributed by atoms with Gasteiger partial charge in [-0.05, 0) is 41.5 Å². The number of amides is 2. The highest BCUT2D eigenvalue weighted by atomic mass is 16.6. The van der Waals surface area contributed by atoms with Crippen LogP contribution in [0.15, 0.2) is 0 Å². The SMILES string of the molecule is CC(C)NC(=O)OC(C)N(CCN)C(C)OC(=O)NC(C)C. The van der Waals surface area contributed by atoms with E-state index in [2.05, 4.69) is 10.6 Å². The first-order valence-corrected chi connectivity index (χ1v) is 7.57. The van der Waals surface area contributed by atoms with Crippen LogP contribution in [0, 0.1) is 0 Å². The van der Waals surface area contributed by atoms with E-state index in [9.17, 15) is 9.59 Å². The Labute approximate surface area is 132 Å². The topological polar surface area (TPSA) is 106 Å². The summed E-state index contributed by atoms with van der Waals surface area (Å²) in [7, 11) is 0. The van der Waals surface area contributed by atoms with Crippen LogP contribution in [-0.4, -0.2) is 54.7 Å². The Hall–Kier alpha value is -1.54. The van der Waals surface area contributed by atoms with Crippen LogP contribution in [0.1, 0.15) is 41.5 Å². The smallest absolute Gasteiger partial charge is 0.408 e. The third-order valence-corrected chi connectivity index (χ3v) is 2.69. The van der Waals surface area contributed by atoms with E-state index in [4.69, 9.17) is 15.2 Å². The fraction of sp³-hybridized carbons (Fsp3) is 0.857. The molecule has 130 valence electrons. The summed E-state index contributed by atoms with van der Waals surface area (Å²) in [5.41, 5.74) is 5.57. The molecular formula is C14H30N4O4. The number of rotatable bonds is 8. The molecule has 0 spiro atoms. The molecule has 0 heterocycles. The summed E-state index contributed by atoms with van der Waals surface area (Å²) in [5, 5.41) is 5.27. The van der Waals surface area contributed by atoms with E-state index in [1.807, 2.05) is 27.7 Å². The minimum Gasteiger partial charge on any atom is -0.430 e. The van der Waals surface area contributed by atoms with E-state index in [-0.39, 0.29) is 12.1 Å². The molecule has 22 heavy (non-hydrogen) atoms. The molecule has 0 fully saturated rings. The number of carbonyl (C=O) groups is 2. The summed E-state index contributed by atoms with van der Waals surface area (Å²) in [6.45, 7) is 11.5. The van der Waals surface area contributed by atoms with Crippen molar-refractivity contribution in [3.8, 4) is 0 Å².